The van der Waals surface area contributed by atoms with E-state index in [-0.39, 0.29) is 10.8 Å². The summed E-state index contributed by atoms with van der Waals surface area (Å²) in [5, 5.41) is 20.8. The summed E-state index contributed by atoms with van der Waals surface area (Å²) in [6.45, 7) is 0. The van der Waals surface area contributed by atoms with Crippen LogP contribution in [0.15, 0.2) is 29.3 Å². The van der Waals surface area contributed by atoms with Gasteiger partial charge in [-0.3, -0.25) is 0 Å². The maximum Gasteiger partial charge on any atom is 0.243 e. The number of aromatic nitrogens is 1. The monoisotopic (exact) mass is 352 g/mol. The van der Waals surface area contributed by atoms with Gasteiger partial charge in [-0.05, 0) is 37.3 Å². The molecule has 7 nitrogen and oxygen atoms in total. The van der Waals surface area contributed by atoms with Gasteiger partial charge in [-0.2, -0.15) is 0 Å². The number of aliphatic hydroxyl groups is 2. The van der Waals surface area contributed by atoms with Crippen LogP contribution in [-0.2, 0) is 10.0 Å². The van der Waals surface area contributed by atoms with Gasteiger partial charge in [-0.1, -0.05) is 6.07 Å². The number of aliphatic hydroxyl groups excluding tert-OH is 2. The first kappa shape index (κ1) is 15.9. The van der Waals surface area contributed by atoms with E-state index in [0.29, 0.717) is 35.9 Å². The van der Waals surface area contributed by atoms with Gasteiger partial charge in [0.15, 0.2) is 0 Å². The predicted octanol–water partition coefficient (Wildman–Crippen LogP) is 0.729. The average molecular weight is 352 g/mol. The van der Waals surface area contributed by atoms with Gasteiger partial charge in [0.1, 0.15) is 10.6 Å². The third-order valence-electron chi connectivity index (χ3n) is 5.44. The number of hydrogen-bond donors (Lipinski definition) is 4. The SMILES string of the molecule is COc1cccc2[nH]cc(S(=O)(=O)NC34CCC(C3)[C@H](O)[C@@H]4O)c12. The van der Waals surface area contributed by atoms with Crippen LogP contribution in [0.1, 0.15) is 19.3 Å². The molecule has 2 fully saturated rings. The van der Waals surface area contributed by atoms with Gasteiger partial charge >= 0.3 is 0 Å². The van der Waals surface area contributed by atoms with Gasteiger partial charge in [0.25, 0.3) is 0 Å². The molecule has 2 aromatic rings. The Kier molecular flexibility index (Phi) is 3.44. The van der Waals surface area contributed by atoms with Crippen molar-refractivity contribution >= 4 is 20.9 Å². The number of benzene rings is 1. The zero-order chi connectivity index (χ0) is 17.1. The summed E-state index contributed by atoms with van der Waals surface area (Å²) in [6, 6.07) is 5.25. The van der Waals surface area contributed by atoms with Crippen LogP contribution in [0.25, 0.3) is 10.9 Å². The normalized spacial score (nSPS) is 32.5. The second-order valence-corrected chi connectivity index (χ2v) is 8.39. The van der Waals surface area contributed by atoms with E-state index in [1.165, 1.54) is 13.3 Å². The molecule has 4 atom stereocenters. The molecule has 24 heavy (non-hydrogen) atoms. The number of methoxy groups -OCH3 is 1. The Morgan fingerprint density at radius 3 is 2.83 bits per heavy atom. The van der Waals surface area contributed by atoms with Gasteiger partial charge in [-0.25, -0.2) is 13.1 Å². The van der Waals surface area contributed by atoms with E-state index >= 15 is 0 Å². The molecular weight excluding hydrogens is 332 g/mol. The van der Waals surface area contributed by atoms with Crippen molar-refractivity contribution in [1.29, 1.82) is 0 Å². The van der Waals surface area contributed by atoms with E-state index in [9.17, 15) is 18.6 Å². The average Bonchev–Trinajstić information content (AvgIpc) is 3.22. The Morgan fingerprint density at radius 2 is 2.17 bits per heavy atom. The summed E-state index contributed by atoms with van der Waals surface area (Å²) in [7, 11) is -2.40. The van der Waals surface area contributed by atoms with Crippen LogP contribution in [0.2, 0.25) is 0 Å². The van der Waals surface area contributed by atoms with Crippen LogP contribution in [-0.4, -0.2) is 48.5 Å². The van der Waals surface area contributed by atoms with Crippen molar-refractivity contribution in [2.75, 3.05) is 7.11 Å². The number of rotatable bonds is 4. The summed E-state index contributed by atoms with van der Waals surface area (Å²) in [5.74, 6) is 0.406. The molecule has 4 rings (SSSR count). The fourth-order valence-electron chi connectivity index (χ4n) is 4.24. The van der Waals surface area contributed by atoms with E-state index < -0.39 is 27.8 Å². The van der Waals surface area contributed by atoms with E-state index in [0.717, 1.165) is 0 Å². The zero-order valence-corrected chi connectivity index (χ0v) is 14.0. The topological polar surface area (TPSA) is 112 Å². The lowest BCUT2D eigenvalue weighted by atomic mass is 9.90. The Hall–Kier alpha value is -1.61. The molecule has 130 valence electrons. The molecule has 2 aliphatic carbocycles. The standard InChI is InChI=1S/C16H20N2O5S/c1-23-11-4-2-3-10-13(11)12(8-17-10)24(21,22)18-16-6-5-9(7-16)14(19)15(16)20/h2-4,8-9,14-15,17-20H,5-7H2,1H3/t9?,14-,15-,16?/m0/s1. The second kappa shape index (κ2) is 5.19. The van der Waals surface area contributed by atoms with Gasteiger partial charge in [0, 0.05) is 6.20 Å². The lowest BCUT2D eigenvalue weighted by Crippen LogP contribution is -2.56. The van der Waals surface area contributed by atoms with E-state index in [4.69, 9.17) is 4.74 Å². The smallest absolute Gasteiger partial charge is 0.243 e. The van der Waals surface area contributed by atoms with Crippen LogP contribution < -0.4 is 9.46 Å². The molecule has 8 heteroatoms. The number of nitrogens with one attached hydrogen (secondary N) is 2. The summed E-state index contributed by atoms with van der Waals surface area (Å²) >= 11 is 0. The molecule has 2 saturated carbocycles. The fraction of sp³-hybridized carbons (Fsp3) is 0.500. The van der Waals surface area contributed by atoms with Crippen molar-refractivity contribution in [3.8, 4) is 5.75 Å². The molecule has 0 amide bonds. The summed E-state index contributed by atoms with van der Waals surface area (Å²) < 4.78 is 33.9. The molecule has 1 heterocycles. The number of fused-ring (bicyclic) bond motifs is 3. The maximum absolute atomic E-state index is 13.0. The Balaban J connectivity index is 1.77. The first-order chi connectivity index (χ1) is 11.4. The molecular formula is C16H20N2O5S. The lowest BCUT2D eigenvalue weighted by molar-refractivity contribution is -0.0283. The number of H-pyrrole nitrogens is 1. The minimum atomic E-state index is -3.89. The van der Waals surface area contributed by atoms with Crippen molar-refractivity contribution < 1.29 is 23.4 Å². The van der Waals surface area contributed by atoms with Crippen molar-refractivity contribution in [3.63, 3.8) is 0 Å². The fourth-order valence-corrected chi connectivity index (χ4v) is 5.88. The van der Waals surface area contributed by atoms with Crippen LogP contribution in [0.4, 0.5) is 0 Å². The molecule has 0 spiro atoms. The van der Waals surface area contributed by atoms with Crippen LogP contribution in [0, 0.1) is 5.92 Å². The Morgan fingerprint density at radius 1 is 1.38 bits per heavy atom. The van der Waals surface area contributed by atoms with Crippen LogP contribution in [0.5, 0.6) is 5.75 Å². The lowest BCUT2D eigenvalue weighted by Gasteiger charge is -2.34. The molecule has 1 aromatic heterocycles. The van der Waals surface area contributed by atoms with Crippen LogP contribution in [0.3, 0.4) is 0 Å². The van der Waals surface area contributed by atoms with E-state index in [1.807, 2.05) is 0 Å². The number of hydrogen-bond acceptors (Lipinski definition) is 5. The first-order valence-electron chi connectivity index (χ1n) is 7.92. The highest BCUT2D eigenvalue weighted by molar-refractivity contribution is 7.89. The van der Waals surface area contributed by atoms with Gasteiger partial charge < -0.3 is 19.9 Å². The molecule has 2 bridgehead atoms. The highest BCUT2D eigenvalue weighted by atomic mass is 32.2. The van der Waals surface area contributed by atoms with Gasteiger partial charge in [0.05, 0.1) is 35.8 Å². The minimum absolute atomic E-state index is 0.0554. The molecule has 2 aliphatic rings. The highest BCUT2D eigenvalue weighted by Crippen LogP contribution is 2.48. The third-order valence-corrected chi connectivity index (χ3v) is 7.02. The predicted molar refractivity (Wildman–Crippen MR) is 87.3 cm³/mol. The Bertz CT molecular complexity index is 893. The molecule has 2 unspecified atom stereocenters. The van der Waals surface area contributed by atoms with Crippen molar-refractivity contribution in [2.45, 2.75) is 41.9 Å². The van der Waals surface area contributed by atoms with Gasteiger partial charge in [0.2, 0.25) is 10.0 Å². The van der Waals surface area contributed by atoms with Crippen molar-refractivity contribution in [2.24, 2.45) is 5.92 Å². The number of aromatic amines is 1. The van der Waals surface area contributed by atoms with Gasteiger partial charge in [-0.15, -0.1) is 0 Å². The maximum atomic E-state index is 13.0. The molecule has 0 saturated heterocycles. The molecule has 4 N–H and O–H groups in total. The third kappa shape index (κ3) is 2.10. The summed E-state index contributed by atoms with van der Waals surface area (Å²) in [5.41, 5.74) is -0.335. The van der Waals surface area contributed by atoms with Crippen molar-refractivity contribution in [3.05, 3.63) is 24.4 Å². The van der Waals surface area contributed by atoms with E-state index in [2.05, 4.69) is 9.71 Å². The molecule has 1 aromatic carbocycles. The highest BCUT2D eigenvalue weighted by Gasteiger charge is 2.58. The number of sulfonamides is 1. The minimum Gasteiger partial charge on any atom is -0.496 e. The summed E-state index contributed by atoms with van der Waals surface area (Å²) in [4.78, 5) is 3.03. The largest absolute Gasteiger partial charge is 0.496 e. The summed E-state index contributed by atoms with van der Waals surface area (Å²) in [6.07, 6.45) is 1.15. The molecule has 0 aliphatic heterocycles. The zero-order valence-electron chi connectivity index (χ0n) is 13.2. The van der Waals surface area contributed by atoms with Crippen molar-refractivity contribution in [1.82, 2.24) is 9.71 Å². The molecule has 0 radical (unpaired) electrons. The van der Waals surface area contributed by atoms with E-state index in [1.54, 1.807) is 18.2 Å². The Labute approximate surface area is 139 Å². The first-order valence-corrected chi connectivity index (χ1v) is 9.40. The quantitative estimate of drug-likeness (QED) is 0.648. The van der Waals surface area contributed by atoms with Crippen LogP contribution >= 0.6 is 0 Å². The second-order valence-electron chi connectivity index (χ2n) is 6.74. The number of ether oxygens (including phenoxy) is 1.